The quantitative estimate of drug-likeness (QED) is 0.183. The molecule has 48 heavy (non-hydrogen) atoms. The maximum atomic E-state index is 13.2. The molecule has 0 aromatic heterocycles. The van der Waals surface area contributed by atoms with Crippen molar-refractivity contribution in [2.24, 2.45) is 17.8 Å². The van der Waals surface area contributed by atoms with E-state index in [0.29, 0.717) is 42.7 Å². The first kappa shape index (κ1) is 41.0. The van der Waals surface area contributed by atoms with E-state index in [1.807, 2.05) is 40.7 Å². The Morgan fingerprint density at radius 2 is 1.48 bits per heavy atom. The van der Waals surface area contributed by atoms with Crippen LogP contribution in [-0.2, 0) is 16.0 Å². The number of nitrogens with zero attached hydrogens (tertiary/aromatic N) is 3. The number of fused-ring (bicyclic) bond motifs is 1. The SMILES string of the molecule is CC.CC1=CC(N2CCC(C3CCN(C(=O)CC4CCN(C(=O)OC(C)(C)C)CC4)CC3)CC2)c2ccc(Cl)c(Br)c2CC1.N=CCBr. The third-order valence-electron chi connectivity index (χ3n) is 10.1. The molecule has 1 unspecified atom stereocenters. The molecule has 1 atom stereocenters. The van der Waals surface area contributed by atoms with Gasteiger partial charge >= 0.3 is 6.09 Å². The van der Waals surface area contributed by atoms with Crippen LogP contribution in [0.3, 0.4) is 0 Å². The van der Waals surface area contributed by atoms with Crippen LogP contribution in [0.25, 0.3) is 0 Å². The highest BCUT2D eigenvalue weighted by Crippen LogP contribution is 2.41. The van der Waals surface area contributed by atoms with Gasteiger partial charge in [-0.05, 0) is 143 Å². The van der Waals surface area contributed by atoms with Gasteiger partial charge in [0, 0.05) is 48.6 Å². The minimum Gasteiger partial charge on any atom is -0.444 e. The van der Waals surface area contributed by atoms with Gasteiger partial charge in [0.25, 0.3) is 0 Å². The zero-order valence-electron chi connectivity index (χ0n) is 30.1. The highest BCUT2D eigenvalue weighted by atomic mass is 79.9. The van der Waals surface area contributed by atoms with Crippen molar-refractivity contribution in [2.45, 2.75) is 111 Å². The number of carbonyl (C=O) groups is 2. The fourth-order valence-corrected chi connectivity index (χ4v) is 8.25. The number of allylic oxidation sites excluding steroid dienone is 1. The van der Waals surface area contributed by atoms with Crippen LogP contribution in [0.2, 0.25) is 5.02 Å². The van der Waals surface area contributed by atoms with Crippen LogP contribution in [0.15, 0.2) is 28.3 Å². The Kier molecular flexibility index (Phi) is 16.9. The van der Waals surface area contributed by atoms with Crippen molar-refractivity contribution in [2.75, 3.05) is 44.6 Å². The summed E-state index contributed by atoms with van der Waals surface area (Å²) in [6.07, 6.45) is 12.8. The van der Waals surface area contributed by atoms with E-state index in [1.165, 1.54) is 35.8 Å². The predicted molar refractivity (Wildman–Crippen MR) is 207 cm³/mol. The molecule has 1 aromatic rings. The number of piperidine rings is 3. The average Bonchev–Trinajstić information content (AvgIpc) is 3.26. The zero-order chi connectivity index (χ0) is 35.4. The lowest BCUT2D eigenvalue weighted by Crippen LogP contribution is -2.45. The molecule has 3 saturated heterocycles. The maximum absolute atomic E-state index is 13.2. The molecule has 270 valence electrons. The van der Waals surface area contributed by atoms with Gasteiger partial charge in [-0.3, -0.25) is 9.69 Å². The molecule has 1 N–H and O–H groups in total. The molecule has 0 saturated carbocycles. The Balaban J connectivity index is 0.000000970. The van der Waals surface area contributed by atoms with Gasteiger partial charge in [-0.15, -0.1) is 0 Å². The Morgan fingerprint density at radius 1 is 0.938 bits per heavy atom. The van der Waals surface area contributed by atoms with Gasteiger partial charge in [0.2, 0.25) is 5.91 Å². The standard InChI is InChI=1S/C34H49BrClN3O3.C2H4BrN.C2H6/c1-23-5-6-28-27(7-8-29(36)32(28)35)30(21-23)37-17-11-25(12-18-37)26-13-19-38(20-14-26)31(40)22-24-9-15-39(16-10-24)33(41)42-34(2,3)4;3-1-2-4;1-2/h7-8,21,24-26,30H,5-6,9-20,22H2,1-4H3;2,4H,1H2;1-2H3. The number of rotatable bonds is 5. The molecule has 0 radical (unpaired) electrons. The van der Waals surface area contributed by atoms with E-state index < -0.39 is 5.60 Å². The van der Waals surface area contributed by atoms with Crippen molar-refractivity contribution in [1.29, 1.82) is 5.41 Å². The molecule has 2 amide bonds. The van der Waals surface area contributed by atoms with E-state index in [2.05, 4.69) is 60.7 Å². The van der Waals surface area contributed by atoms with E-state index >= 15 is 0 Å². The highest BCUT2D eigenvalue weighted by Gasteiger charge is 2.35. The molecule has 0 bridgehead atoms. The average molecular weight is 815 g/mol. The summed E-state index contributed by atoms with van der Waals surface area (Å²) in [7, 11) is 0. The van der Waals surface area contributed by atoms with Crippen LogP contribution in [-0.4, -0.2) is 83.1 Å². The number of hydrogen-bond acceptors (Lipinski definition) is 5. The van der Waals surface area contributed by atoms with Crippen LogP contribution in [0.1, 0.15) is 110 Å². The number of amides is 2. The van der Waals surface area contributed by atoms with E-state index in [-0.39, 0.29) is 6.09 Å². The summed E-state index contributed by atoms with van der Waals surface area (Å²) in [6.45, 7) is 17.4. The summed E-state index contributed by atoms with van der Waals surface area (Å²) in [5.41, 5.74) is 3.77. The second-order valence-electron chi connectivity index (χ2n) is 14.5. The predicted octanol–water partition coefficient (Wildman–Crippen LogP) is 10.1. The van der Waals surface area contributed by atoms with E-state index in [4.69, 9.17) is 21.7 Å². The van der Waals surface area contributed by atoms with Crippen LogP contribution in [0, 0.1) is 23.2 Å². The first-order chi connectivity index (χ1) is 22.9. The third kappa shape index (κ3) is 11.8. The van der Waals surface area contributed by atoms with Crippen molar-refractivity contribution in [3.63, 3.8) is 0 Å². The molecular formula is C38H59Br2ClN4O3. The van der Waals surface area contributed by atoms with E-state index in [9.17, 15) is 9.59 Å². The molecule has 3 aliphatic heterocycles. The zero-order valence-corrected chi connectivity index (χ0v) is 34.1. The van der Waals surface area contributed by atoms with Gasteiger partial charge in [-0.1, -0.05) is 59.1 Å². The number of alkyl halides is 1. The van der Waals surface area contributed by atoms with Crippen molar-refractivity contribution in [1.82, 2.24) is 14.7 Å². The third-order valence-corrected chi connectivity index (χ3v) is 11.9. The van der Waals surface area contributed by atoms with Gasteiger partial charge in [-0.2, -0.15) is 0 Å². The first-order valence-corrected chi connectivity index (χ1v) is 20.4. The lowest BCUT2D eigenvalue weighted by molar-refractivity contribution is -0.134. The van der Waals surface area contributed by atoms with Gasteiger partial charge in [-0.25, -0.2) is 4.79 Å². The lowest BCUT2D eigenvalue weighted by atomic mass is 9.78. The summed E-state index contributed by atoms with van der Waals surface area (Å²) in [4.78, 5) is 32.1. The number of halogens is 3. The summed E-state index contributed by atoms with van der Waals surface area (Å²) in [6, 6.07) is 4.61. The fraction of sp³-hybridized carbons (Fsp3) is 0.711. The Morgan fingerprint density at radius 3 is 2.02 bits per heavy atom. The summed E-state index contributed by atoms with van der Waals surface area (Å²) in [5.74, 6) is 2.14. The van der Waals surface area contributed by atoms with Crippen molar-refractivity contribution in [3.8, 4) is 0 Å². The Labute approximate surface area is 312 Å². The minimum atomic E-state index is -0.475. The summed E-state index contributed by atoms with van der Waals surface area (Å²) >= 11 is 13.2. The second kappa shape index (κ2) is 19.8. The monoisotopic (exact) mass is 812 g/mol. The molecule has 1 aromatic carbocycles. The van der Waals surface area contributed by atoms with Crippen molar-refractivity contribution < 1.29 is 14.3 Å². The molecule has 3 heterocycles. The summed E-state index contributed by atoms with van der Waals surface area (Å²) in [5, 5.41) is 7.76. The number of benzene rings is 1. The van der Waals surface area contributed by atoms with Gasteiger partial charge in [0.15, 0.2) is 0 Å². The highest BCUT2D eigenvalue weighted by molar-refractivity contribution is 9.10. The van der Waals surface area contributed by atoms with Gasteiger partial charge in [0.05, 0.1) is 11.1 Å². The number of carbonyl (C=O) groups excluding carboxylic acids is 2. The smallest absolute Gasteiger partial charge is 0.410 e. The number of likely N-dealkylation sites (tertiary alicyclic amines) is 3. The first-order valence-electron chi connectivity index (χ1n) is 18.1. The van der Waals surface area contributed by atoms with Crippen LogP contribution in [0.5, 0.6) is 0 Å². The van der Waals surface area contributed by atoms with Gasteiger partial charge < -0.3 is 19.9 Å². The molecule has 10 heteroatoms. The van der Waals surface area contributed by atoms with Crippen LogP contribution >= 0.6 is 43.5 Å². The topological polar surface area (TPSA) is 76.9 Å². The van der Waals surface area contributed by atoms with Gasteiger partial charge in [0.1, 0.15) is 5.60 Å². The second-order valence-corrected chi connectivity index (χ2v) is 16.3. The molecule has 7 nitrogen and oxygen atoms in total. The molecule has 1 aliphatic carbocycles. The summed E-state index contributed by atoms with van der Waals surface area (Å²) < 4.78 is 6.58. The fourth-order valence-electron chi connectivity index (χ4n) is 7.52. The van der Waals surface area contributed by atoms with Crippen LogP contribution in [0.4, 0.5) is 4.79 Å². The van der Waals surface area contributed by atoms with E-state index in [0.717, 1.165) is 86.0 Å². The van der Waals surface area contributed by atoms with Crippen molar-refractivity contribution in [3.05, 3.63) is 44.4 Å². The van der Waals surface area contributed by atoms with E-state index in [1.54, 1.807) is 4.90 Å². The molecular weight excluding hydrogens is 756 g/mol. The maximum Gasteiger partial charge on any atom is 0.410 e. The normalized spacial score (nSPS) is 21.4. The number of nitrogens with one attached hydrogen (secondary N) is 1. The number of ether oxygens (including phenoxy) is 1. The Hall–Kier alpha value is -1.42. The van der Waals surface area contributed by atoms with Crippen LogP contribution < -0.4 is 0 Å². The molecule has 5 rings (SSSR count). The number of hydrogen-bond donors (Lipinski definition) is 1. The molecule has 0 spiro atoms. The molecule has 4 aliphatic rings. The Bertz CT molecular complexity index is 1230. The molecule has 3 fully saturated rings. The minimum absolute atomic E-state index is 0.233. The largest absolute Gasteiger partial charge is 0.444 e. The lowest BCUT2D eigenvalue weighted by Gasteiger charge is -2.42. The van der Waals surface area contributed by atoms with Crippen molar-refractivity contribution >= 4 is 61.7 Å².